The van der Waals surface area contributed by atoms with Crippen LogP contribution in [0.4, 0.5) is 4.39 Å². The molecule has 1 aromatic rings. The van der Waals surface area contributed by atoms with Crippen LogP contribution in [0.5, 0.6) is 0 Å². The Labute approximate surface area is 120 Å². The topological polar surface area (TPSA) is 0 Å². The van der Waals surface area contributed by atoms with Crippen molar-refractivity contribution in [3.63, 3.8) is 0 Å². The Hall–Kier alpha value is 0.242. The van der Waals surface area contributed by atoms with E-state index in [1.165, 1.54) is 5.30 Å². The van der Waals surface area contributed by atoms with Crippen molar-refractivity contribution >= 4 is 13.2 Å². The number of hydrogen-bond acceptors (Lipinski definition) is 0. The van der Waals surface area contributed by atoms with E-state index in [9.17, 15) is 4.39 Å². The minimum absolute atomic E-state index is 0. The Balaban J connectivity index is 0.00000256. The SMILES string of the molecule is CC(C)(C)P(c1ccc(F)cc1)C(C)(C)C.[Pd]. The van der Waals surface area contributed by atoms with Gasteiger partial charge in [0.1, 0.15) is 5.82 Å². The van der Waals surface area contributed by atoms with Gasteiger partial charge in [-0.2, -0.15) is 0 Å². The molecule has 0 aliphatic rings. The van der Waals surface area contributed by atoms with E-state index in [1.807, 2.05) is 12.1 Å². The quantitative estimate of drug-likeness (QED) is 0.518. The molecule has 0 saturated heterocycles. The molecule has 100 valence electrons. The van der Waals surface area contributed by atoms with E-state index in [1.54, 1.807) is 12.1 Å². The second-order valence-electron chi connectivity index (χ2n) is 6.15. The van der Waals surface area contributed by atoms with E-state index < -0.39 is 0 Å². The molecule has 0 spiro atoms. The number of hydrogen-bond donors (Lipinski definition) is 0. The molecule has 0 saturated carbocycles. The van der Waals surface area contributed by atoms with E-state index >= 15 is 0 Å². The van der Waals surface area contributed by atoms with Gasteiger partial charge in [-0.15, -0.1) is 0 Å². The molecule has 3 heteroatoms. The molecule has 0 fully saturated rings. The average molecular weight is 347 g/mol. The van der Waals surface area contributed by atoms with Crippen LogP contribution in [0, 0.1) is 5.82 Å². The van der Waals surface area contributed by atoms with Gasteiger partial charge in [-0.3, -0.25) is 0 Å². The third-order valence-electron chi connectivity index (χ3n) is 2.43. The molecule has 0 unspecified atom stereocenters. The molecule has 0 amide bonds. The Morgan fingerprint density at radius 3 is 1.47 bits per heavy atom. The third kappa shape index (κ3) is 4.78. The van der Waals surface area contributed by atoms with Crippen LogP contribution in [0.2, 0.25) is 0 Å². The van der Waals surface area contributed by atoms with Crippen LogP contribution >= 0.6 is 7.92 Å². The summed E-state index contributed by atoms with van der Waals surface area (Å²) in [4.78, 5) is 0. The van der Waals surface area contributed by atoms with E-state index in [0.29, 0.717) is 0 Å². The van der Waals surface area contributed by atoms with Gasteiger partial charge in [0.05, 0.1) is 0 Å². The molecule has 0 N–H and O–H groups in total. The predicted octanol–water partition coefficient (Wildman–Crippen LogP) is 4.53. The van der Waals surface area contributed by atoms with Gasteiger partial charge in [-0.25, -0.2) is 4.39 Å². The van der Waals surface area contributed by atoms with E-state index in [4.69, 9.17) is 0 Å². The van der Waals surface area contributed by atoms with Crippen molar-refractivity contribution < 1.29 is 24.8 Å². The molecule has 0 bridgehead atoms. The minimum atomic E-state index is -0.317. The molecule has 0 nitrogen and oxygen atoms in total. The van der Waals surface area contributed by atoms with Gasteiger partial charge in [-0.1, -0.05) is 61.6 Å². The Bertz CT molecular complexity index is 332. The average Bonchev–Trinajstić information content (AvgIpc) is 2.03. The molecule has 0 aromatic heterocycles. The van der Waals surface area contributed by atoms with Crippen molar-refractivity contribution in [1.82, 2.24) is 0 Å². The van der Waals surface area contributed by atoms with Gasteiger partial charge < -0.3 is 0 Å². The maximum atomic E-state index is 13.0. The van der Waals surface area contributed by atoms with Crippen LogP contribution in [0.15, 0.2) is 24.3 Å². The van der Waals surface area contributed by atoms with E-state index in [2.05, 4.69) is 41.5 Å². The van der Waals surface area contributed by atoms with Crippen LogP contribution < -0.4 is 5.30 Å². The monoisotopic (exact) mass is 346 g/mol. The number of halogens is 1. The van der Waals surface area contributed by atoms with Crippen molar-refractivity contribution in [3.8, 4) is 0 Å². The fourth-order valence-electron chi connectivity index (χ4n) is 2.37. The van der Waals surface area contributed by atoms with Gasteiger partial charge in [0.15, 0.2) is 0 Å². The van der Waals surface area contributed by atoms with Crippen molar-refractivity contribution in [1.29, 1.82) is 0 Å². The molecule has 0 radical (unpaired) electrons. The summed E-state index contributed by atoms with van der Waals surface area (Å²) < 4.78 is 13.0. The first-order chi connectivity index (χ1) is 7.12. The summed E-state index contributed by atoms with van der Waals surface area (Å²) >= 11 is 0. The molecule has 0 atom stereocenters. The Kier molecular flexibility index (Phi) is 6.01. The van der Waals surface area contributed by atoms with Crippen molar-refractivity contribution in [2.45, 2.75) is 51.9 Å². The van der Waals surface area contributed by atoms with Crippen molar-refractivity contribution in [3.05, 3.63) is 30.1 Å². The first kappa shape index (κ1) is 17.2. The zero-order valence-corrected chi connectivity index (χ0v) is 13.9. The van der Waals surface area contributed by atoms with Crippen LogP contribution in [0.3, 0.4) is 0 Å². The standard InChI is InChI=1S/C14H22FP.Pd/c1-13(2,3)16(14(4,5)6)12-9-7-11(15)8-10-12;/h7-10H,1-6H3;. The van der Waals surface area contributed by atoms with Crippen LogP contribution in [-0.2, 0) is 20.4 Å². The normalized spacial score (nSPS) is 12.5. The molecule has 0 heterocycles. The number of rotatable bonds is 1. The third-order valence-corrected chi connectivity index (χ3v) is 5.92. The minimum Gasteiger partial charge on any atom is -0.207 e. The second kappa shape index (κ2) is 5.92. The second-order valence-corrected chi connectivity index (χ2v) is 10.0. The summed E-state index contributed by atoms with van der Waals surface area (Å²) in [6.45, 7) is 13.6. The molecule has 17 heavy (non-hydrogen) atoms. The zero-order chi connectivity index (χ0) is 12.6. The van der Waals surface area contributed by atoms with E-state index in [0.717, 1.165) is 0 Å². The van der Waals surface area contributed by atoms with Crippen LogP contribution in [-0.4, -0.2) is 10.3 Å². The molecule has 0 aliphatic carbocycles. The summed E-state index contributed by atoms with van der Waals surface area (Å²) in [6.07, 6.45) is 0. The predicted molar refractivity (Wildman–Crippen MR) is 72.5 cm³/mol. The van der Waals surface area contributed by atoms with Gasteiger partial charge in [0.2, 0.25) is 0 Å². The molecule has 1 aromatic carbocycles. The van der Waals surface area contributed by atoms with Crippen LogP contribution in [0.1, 0.15) is 41.5 Å². The molecule has 1 rings (SSSR count). The first-order valence-corrected chi connectivity index (χ1v) is 7.02. The zero-order valence-electron chi connectivity index (χ0n) is 11.5. The summed E-state index contributed by atoms with van der Waals surface area (Å²) in [7, 11) is -0.317. The first-order valence-electron chi connectivity index (χ1n) is 5.68. The Morgan fingerprint density at radius 2 is 1.18 bits per heavy atom. The summed E-state index contributed by atoms with van der Waals surface area (Å²) in [5, 5.41) is 1.77. The van der Waals surface area contributed by atoms with Gasteiger partial charge in [0, 0.05) is 20.4 Å². The van der Waals surface area contributed by atoms with Crippen molar-refractivity contribution in [2.75, 3.05) is 0 Å². The fourth-order valence-corrected chi connectivity index (χ4v) is 6.38. The van der Waals surface area contributed by atoms with Crippen molar-refractivity contribution in [2.24, 2.45) is 0 Å². The fraction of sp³-hybridized carbons (Fsp3) is 0.571. The maximum Gasteiger partial charge on any atom is 0.123 e. The van der Waals surface area contributed by atoms with Gasteiger partial charge >= 0.3 is 0 Å². The van der Waals surface area contributed by atoms with Gasteiger partial charge in [-0.05, 0) is 27.7 Å². The molecule has 0 aliphatic heterocycles. The van der Waals surface area contributed by atoms with Crippen LogP contribution in [0.25, 0.3) is 0 Å². The largest absolute Gasteiger partial charge is 0.207 e. The summed E-state index contributed by atoms with van der Waals surface area (Å²) in [5.74, 6) is -0.151. The maximum absolute atomic E-state index is 13.0. The summed E-state index contributed by atoms with van der Waals surface area (Å²) in [5.41, 5.74) is 0. The van der Waals surface area contributed by atoms with E-state index in [-0.39, 0.29) is 44.5 Å². The Morgan fingerprint density at radius 1 is 0.824 bits per heavy atom. The molecular weight excluding hydrogens is 325 g/mol. The smallest absolute Gasteiger partial charge is 0.123 e. The number of benzene rings is 1. The summed E-state index contributed by atoms with van der Waals surface area (Å²) in [6, 6.07) is 7.03. The van der Waals surface area contributed by atoms with Gasteiger partial charge in [0.25, 0.3) is 0 Å². The molecular formula is C14H22FPPd.